The molecule has 0 spiro atoms. The lowest BCUT2D eigenvalue weighted by atomic mass is 9.92. The Morgan fingerprint density at radius 1 is 0.333 bits per heavy atom. The summed E-state index contributed by atoms with van der Waals surface area (Å²) >= 11 is 0. The van der Waals surface area contributed by atoms with E-state index < -0.39 is 0 Å². The van der Waals surface area contributed by atoms with Gasteiger partial charge in [0, 0.05) is 33.2 Å². The molecule has 9 aromatic rings. The second kappa shape index (κ2) is 14.2. The highest BCUT2D eigenvalue weighted by Crippen LogP contribution is 2.39. The van der Waals surface area contributed by atoms with Gasteiger partial charge in [-0.3, -0.25) is 0 Å². The Hall–Kier alpha value is -7.62. The number of rotatable bonds is 7. The summed E-state index contributed by atoms with van der Waals surface area (Å²) < 4.78 is 0. The van der Waals surface area contributed by atoms with Gasteiger partial charge in [0.2, 0.25) is 0 Å². The average molecular weight is 691 g/mol. The van der Waals surface area contributed by atoms with Gasteiger partial charge in [-0.25, -0.2) is 29.8 Å². The molecular formula is C48H30N6. The fraction of sp³-hybridized carbons (Fsp3) is 0. The SMILES string of the molecule is [C-]#[N+]c1cccc(-c2cc(-c3nc(-c4ccccc4)nc(-c4ccccc4)n3)cc(-c3ccccc3-c3nc(-c4ccccc4)c4ccccc4n3)c2)c1. The minimum absolute atomic E-state index is 0.540. The van der Waals surface area contributed by atoms with Crippen molar-refractivity contribution in [1.29, 1.82) is 0 Å². The first kappa shape index (κ1) is 32.3. The summed E-state index contributed by atoms with van der Waals surface area (Å²) in [4.78, 5) is 29.1. The van der Waals surface area contributed by atoms with Gasteiger partial charge in [-0.15, -0.1) is 0 Å². The largest absolute Gasteiger partial charge is 0.238 e. The third-order valence-corrected chi connectivity index (χ3v) is 9.33. The molecule has 6 nitrogen and oxygen atoms in total. The lowest BCUT2D eigenvalue weighted by Crippen LogP contribution is -2.01. The van der Waals surface area contributed by atoms with E-state index in [0.717, 1.165) is 66.7 Å². The molecule has 6 heteroatoms. The maximum atomic E-state index is 7.71. The Kier molecular flexibility index (Phi) is 8.48. The zero-order chi connectivity index (χ0) is 36.3. The van der Waals surface area contributed by atoms with E-state index in [9.17, 15) is 0 Å². The summed E-state index contributed by atoms with van der Waals surface area (Å²) in [5.74, 6) is 2.33. The Labute approximate surface area is 313 Å². The first-order chi connectivity index (χ1) is 26.7. The van der Waals surface area contributed by atoms with Crippen LogP contribution in [0, 0.1) is 6.57 Å². The minimum atomic E-state index is 0.540. The van der Waals surface area contributed by atoms with Crippen molar-refractivity contribution < 1.29 is 0 Å². The van der Waals surface area contributed by atoms with Crippen LogP contribution in [0.4, 0.5) is 5.69 Å². The number of hydrogen-bond donors (Lipinski definition) is 0. The fourth-order valence-corrected chi connectivity index (χ4v) is 6.71. The van der Waals surface area contributed by atoms with Crippen molar-refractivity contribution in [3.8, 4) is 79.1 Å². The minimum Gasteiger partial charge on any atom is -0.238 e. The molecule has 2 aromatic heterocycles. The van der Waals surface area contributed by atoms with E-state index in [1.54, 1.807) is 0 Å². The lowest BCUT2D eigenvalue weighted by molar-refractivity contribution is 1.07. The maximum Gasteiger partial charge on any atom is 0.187 e. The molecule has 0 aliphatic rings. The highest BCUT2D eigenvalue weighted by atomic mass is 15.0. The van der Waals surface area contributed by atoms with Crippen molar-refractivity contribution in [3.05, 3.63) is 193 Å². The van der Waals surface area contributed by atoms with Crippen molar-refractivity contribution in [3.63, 3.8) is 0 Å². The Morgan fingerprint density at radius 3 is 1.52 bits per heavy atom. The normalized spacial score (nSPS) is 10.9. The van der Waals surface area contributed by atoms with Gasteiger partial charge in [-0.1, -0.05) is 152 Å². The van der Waals surface area contributed by atoms with Gasteiger partial charge >= 0.3 is 0 Å². The molecule has 54 heavy (non-hydrogen) atoms. The van der Waals surface area contributed by atoms with Crippen molar-refractivity contribution in [1.82, 2.24) is 24.9 Å². The zero-order valence-electron chi connectivity index (χ0n) is 29.0. The number of hydrogen-bond acceptors (Lipinski definition) is 5. The number of aromatic nitrogens is 5. The summed E-state index contributed by atoms with van der Waals surface area (Å²) in [6.07, 6.45) is 0. The quantitative estimate of drug-likeness (QED) is 0.156. The van der Waals surface area contributed by atoms with Gasteiger partial charge in [0.15, 0.2) is 29.0 Å². The number of para-hydroxylation sites is 1. The van der Waals surface area contributed by atoms with E-state index in [1.807, 2.05) is 133 Å². The molecule has 0 unspecified atom stereocenters. The molecule has 0 aliphatic heterocycles. The molecule has 0 N–H and O–H groups in total. The van der Waals surface area contributed by atoms with Crippen molar-refractivity contribution in [2.75, 3.05) is 0 Å². The second-order valence-electron chi connectivity index (χ2n) is 12.8. The topological polar surface area (TPSA) is 68.8 Å². The molecule has 0 saturated heterocycles. The van der Waals surface area contributed by atoms with Gasteiger partial charge in [0.05, 0.1) is 17.8 Å². The standard InChI is InChI=1S/C48H30N6/c1-49-39-23-15-22-35(31-39)36-28-37(30-38(29-36)47-53-45(33-18-7-3-8-19-33)52-46(54-47)34-20-9-4-10-21-34)40-24-11-12-25-41(40)48-50-43-27-14-13-26-42(43)44(51-48)32-16-5-2-6-17-32/h2-31H. The molecule has 0 aliphatic carbocycles. The summed E-state index contributed by atoms with van der Waals surface area (Å²) in [5, 5.41) is 0.993. The van der Waals surface area contributed by atoms with Crippen molar-refractivity contribution >= 4 is 16.6 Å². The molecule has 0 atom stereocenters. The third-order valence-electron chi connectivity index (χ3n) is 9.33. The average Bonchev–Trinajstić information content (AvgIpc) is 3.26. The highest BCUT2D eigenvalue weighted by molar-refractivity contribution is 5.95. The van der Waals surface area contributed by atoms with Crippen LogP contribution in [0.1, 0.15) is 0 Å². The molecule has 7 aromatic carbocycles. The number of benzene rings is 7. The summed E-state index contributed by atoms with van der Waals surface area (Å²) in [6.45, 7) is 7.71. The van der Waals surface area contributed by atoms with Crippen LogP contribution in [0.25, 0.3) is 94.8 Å². The highest BCUT2D eigenvalue weighted by Gasteiger charge is 2.18. The molecule has 0 amide bonds. The van der Waals surface area contributed by atoms with Crippen LogP contribution < -0.4 is 0 Å². The van der Waals surface area contributed by atoms with E-state index in [-0.39, 0.29) is 0 Å². The van der Waals surface area contributed by atoms with E-state index in [2.05, 4.69) is 53.4 Å². The van der Waals surface area contributed by atoms with Gasteiger partial charge in [-0.2, -0.15) is 0 Å². The van der Waals surface area contributed by atoms with Crippen LogP contribution in [0.15, 0.2) is 182 Å². The molecule has 2 heterocycles. The Bertz CT molecular complexity index is 2770. The van der Waals surface area contributed by atoms with Gasteiger partial charge in [0.25, 0.3) is 0 Å². The van der Waals surface area contributed by atoms with E-state index in [0.29, 0.717) is 29.0 Å². The van der Waals surface area contributed by atoms with Crippen LogP contribution in [0.3, 0.4) is 0 Å². The van der Waals surface area contributed by atoms with Crippen molar-refractivity contribution in [2.24, 2.45) is 0 Å². The maximum absolute atomic E-state index is 7.71. The predicted molar refractivity (Wildman–Crippen MR) is 217 cm³/mol. The second-order valence-corrected chi connectivity index (χ2v) is 12.8. The molecule has 0 bridgehead atoms. The molecular weight excluding hydrogens is 661 g/mol. The van der Waals surface area contributed by atoms with E-state index >= 15 is 0 Å². The third kappa shape index (κ3) is 6.38. The first-order valence-corrected chi connectivity index (χ1v) is 17.6. The molecule has 0 radical (unpaired) electrons. The van der Waals surface area contributed by atoms with Gasteiger partial charge in [-0.05, 0) is 52.6 Å². The van der Waals surface area contributed by atoms with Gasteiger partial charge in [0.1, 0.15) is 0 Å². The van der Waals surface area contributed by atoms with Crippen LogP contribution >= 0.6 is 0 Å². The first-order valence-electron chi connectivity index (χ1n) is 17.6. The summed E-state index contributed by atoms with van der Waals surface area (Å²) in [7, 11) is 0. The summed E-state index contributed by atoms with van der Waals surface area (Å²) in [6, 6.07) is 60.6. The smallest absolute Gasteiger partial charge is 0.187 e. The Morgan fingerprint density at radius 2 is 0.852 bits per heavy atom. The fourth-order valence-electron chi connectivity index (χ4n) is 6.71. The van der Waals surface area contributed by atoms with Gasteiger partial charge < -0.3 is 0 Å². The lowest BCUT2D eigenvalue weighted by Gasteiger charge is -2.15. The number of fused-ring (bicyclic) bond motifs is 1. The predicted octanol–water partition coefficient (Wildman–Crippen LogP) is 12.0. The van der Waals surface area contributed by atoms with E-state index in [4.69, 9.17) is 31.5 Å². The molecule has 0 saturated carbocycles. The van der Waals surface area contributed by atoms with Crippen LogP contribution in [0.2, 0.25) is 0 Å². The van der Waals surface area contributed by atoms with Crippen LogP contribution in [-0.2, 0) is 0 Å². The molecule has 0 fully saturated rings. The monoisotopic (exact) mass is 690 g/mol. The van der Waals surface area contributed by atoms with E-state index in [1.165, 1.54) is 0 Å². The Balaban J connectivity index is 1.28. The summed E-state index contributed by atoms with van der Waals surface area (Å²) in [5.41, 5.74) is 10.6. The van der Waals surface area contributed by atoms with Crippen LogP contribution in [0.5, 0.6) is 0 Å². The molecule has 252 valence electrons. The van der Waals surface area contributed by atoms with Crippen molar-refractivity contribution in [2.45, 2.75) is 0 Å². The van der Waals surface area contributed by atoms with Crippen LogP contribution in [-0.4, -0.2) is 24.9 Å². The molecule has 9 rings (SSSR count). The number of nitrogens with zero attached hydrogens (tertiary/aromatic N) is 6. The zero-order valence-corrected chi connectivity index (χ0v) is 29.0.